The summed E-state index contributed by atoms with van der Waals surface area (Å²) in [6.45, 7) is 0. The van der Waals surface area contributed by atoms with E-state index in [9.17, 15) is 8.78 Å². The first-order chi connectivity index (χ1) is 7.70. The molecule has 0 bridgehead atoms. The van der Waals surface area contributed by atoms with Crippen LogP contribution in [0.1, 0.15) is 0 Å². The minimum absolute atomic E-state index is 0.362. The van der Waals surface area contributed by atoms with Crippen molar-refractivity contribution in [2.45, 2.75) is 0 Å². The summed E-state index contributed by atoms with van der Waals surface area (Å²) >= 11 is 3.12. The van der Waals surface area contributed by atoms with Crippen LogP contribution in [0.4, 0.5) is 8.78 Å². The van der Waals surface area contributed by atoms with Crippen molar-refractivity contribution in [3.8, 4) is 11.1 Å². The molecule has 0 fully saturated rings. The quantitative estimate of drug-likeness (QED) is 0.746. The van der Waals surface area contributed by atoms with Gasteiger partial charge in [0.05, 0.1) is 0 Å². The molecule has 0 aliphatic rings. The minimum atomic E-state index is -0.550. The highest BCUT2D eigenvalue weighted by Crippen LogP contribution is 2.22. The van der Waals surface area contributed by atoms with Crippen LogP contribution in [0.5, 0.6) is 0 Å². The Hall–Kier alpha value is -0.454. The number of hydrogen-bond donors (Lipinski definition) is 0. The van der Waals surface area contributed by atoms with E-state index in [1.165, 1.54) is 15.8 Å². The standard InChI is InChI=1S/C12H7F2.BrH.Mg/c13-10-6-7-11(12(14)8-10)9-4-2-1-3-5-9;;/h2-8H;1H;/q;;+1/p-1. The van der Waals surface area contributed by atoms with Gasteiger partial charge in [0.25, 0.3) is 0 Å². The lowest BCUT2D eigenvalue weighted by atomic mass is 10.1. The number of rotatable bonds is 2. The Morgan fingerprint density at radius 2 is 1.62 bits per heavy atom. The van der Waals surface area contributed by atoms with Crippen LogP contribution in [0, 0.1) is 11.6 Å². The molecule has 0 unspecified atom stereocenters. The smallest absolute Gasteiger partial charge is 0.296 e. The molecule has 2 aromatic rings. The third-order valence-electron chi connectivity index (χ3n) is 2.35. The van der Waals surface area contributed by atoms with Crippen molar-refractivity contribution in [1.29, 1.82) is 0 Å². The Bertz CT molecular complexity index is 497. The molecule has 0 aliphatic carbocycles. The normalized spacial score (nSPS) is 9.94. The molecule has 0 aliphatic heterocycles. The highest BCUT2D eigenvalue weighted by molar-refractivity contribution is 9.23. The molecule has 78 valence electrons. The van der Waals surface area contributed by atoms with Crippen molar-refractivity contribution < 1.29 is 8.78 Å². The fraction of sp³-hybridized carbons (Fsp3) is 0. The van der Waals surface area contributed by atoms with Crippen LogP contribution in [0.15, 0.2) is 42.5 Å². The van der Waals surface area contributed by atoms with E-state index >= 15 is 0 Å². The molecule has 0 N–H and O–H groups in total. The largest absolute Gasteiger partial charge is 0.506 e. The Kier molecular flexibility index (Phi) is 3.94. The zero-order chi connectivity index (χ0) is 11.5. The number of halogens is 3. The van der Waals surface area contributed by atoms with Crippen molar-refractivity contribution in [3.63, 3.8) is 0 Å². The van der Waals surface area contributed by atoms with Crippen LogP contribution >= 0.6 is 12.9 Å². The van der Waals surface area contributed by atoms with Gasteiger partial charge in [-0.05, 0) is 17.7 Å². The Morgan fingerprint density at radius 3 is 2.19 bits per heavy atom. The second-order valence-corrected chi connectivity index (χ2v) is 6.22. The molecule has 0 amide bonds. The Balaban J connectivity index is 2.42. The summed E-state index contributed by atoms with van der Waals surface area (Å²) in [6.07, 6.45) is 0. The van der Waals surface area contributed by atoms with Gasteiger partial charge in [-0.2, -0.15) is 3.69 Å². The molecule has 2 rings (SSSR count). The molecule has 0 saturated carbocycles. The van der Waals surface area contributed by atoms with E-state index < -0.39 is 11.6 Å². The fourth-order valence-electron chi connectivity index (χ4n) is 1.50. The Labute approximate surface area is 108 Å². The molecule has 4 heteroatoms. The number of hydrogen-bond acceptors (Lipinski definition) is 0. The van der Waals surface area contributed by atoms with E-state index in [4.69, 9.17) is 0 Å². The molecule has 16 heavy (non-hydrogen) atoms. The molecule has 0 nitrogen and oxygen atoms in total. The van der Waals surface area contributed by atoms with Crippen LogP contribution in [-0.2, 0) is 0 Å². The SMILES string of the molecule is Fc1ccc(-c2cc[c]([Mg][Br])cc2)c(F)c1. The minimum Gasteiger partial charge on any atom is -0.296 e. The summed E-state index contributed by atoms with van der Waals surface area (Å²) in [5, 5.41) is 0. The first kappa shape index (κ1) is 12.0. The average Bonchev–Trinajstić information content (AvgIpc) is 2.29. The maximum absolute atomic E-state index is 13.5. The van der Waals surface area contributed by atoms with Gasteiger partial charge in [0, 0.05) is 11.6 Å². The number of benzene rings is 2. The molecule has 2 aromatic carbocycles. The lowest BCUT2D eigenvalue weighted by Gasteiger charge is -2.04. The maximum Gasteiger partial charge on any atom is 0.506 e. The summed E-state index contributed by atoms with van der Waals surface area (Å²) in [6, 6.07) is 11.3. The molecule has 0 heterocycles. The first-order valence-electron chi connectivity index (χ1n) is 4.81. The molecule has 0 atom stereocenters. The molecular weight excluding hydrogens is 286 g/mol. The van der Waals surface area contributed by atoms with Gasteiger partial charge >= 0.3 is 18.2 Å². The highest BCUT2D eigenvalue weighted by Gasteiger charge is 2.06. The van der Waals surface area contributed by atoms with Crippen LogP contribution in [0.25, 0.3) is 11.1 Å². The molecule has 0 saturated heterocycles. The van der Waals surface area contributed by atoms with Crippen molar-refractivity contribution in [2.75, 3.05) is 0 Å². The van der Waals surface area contributed by atoms with E-state index in [0.29, 0.717) is 5.56 Å². The van der Waals surface area contributed by atoms with Gasteiger partial charge in [-0.1, -0.05) is 24.3 Å². The summed E-state index contributed by atoms with van der Waals surface area (Å²) in [5.74, 6) is -1.07. The second-order valence-electron chi connectivity index (χ2n) is 3.45. The zero-order valence-electron chi connectivity index (χ0n) is 8.38. The van der Waals surface area contributed by atoms with E-state index in [1.807, 2.05) is 24.3 Å². The van der Waals surface area contributed by atoms with Crippen molar-refractivity contribution in [1.82, 2.24) is 0 Å². The van der Waals surface area contributed by atoms with Gasteiger partial charge < -0.3 is 0 Å². The summed E-state index contributed by atoms with van der Waals surface area (Å²) in [7, 11) is 0. The average molecular weight is 293 g/mol. The highest BCUT2D eigenvalue weighted by atomic mass is 79.9. The van der Waals surface area contributed by atoms with Gasteiger partial charge in [0.2, 0.25) is 0 Å². The van der Waals surface area contributed by atoms with Gasteiger partial charge in [-0.15, -0.1) is 0 Å². The first-order valence-corrected chi connectivity index (χ1v) is 9.41. The van der Waals surface area contributed by atoms with Crippen molar-refractivity contribution >= 4 is 34.8 Å². The summed E-state index contributed by atoms with van der Waals surface area (Å²) in [4.78, 5) is 0. The van der Waals surface area contributed by atoms with Crippen LogP contribution in [0.3, 0.4) is 0 Å². The van der Waals surface area contributed by atoms with E-state index in [1.54, 1.807) is 0 Å². The van der Waals surface area contributed by atoms with Gasteiger partial charge in [-0.3, -0.25) is 12.9 Å². The van der Waals surface area contributed by atoms with Gasteiger partial charge in [0.1, 0.15) is 11.6 Å². The van der Waals surface area contributed by atoms with E-state index in [-0.39, 0.29) is 18.2 Å². The predicted molar refractivity (Wildman–Crippen MR) is 66.1 cm³/mol. The monoisotopic (exact) mass is 292 g/mol. The third-order valence-corrected chi connectivity index (χ3v) is 5.07. The lowest BCUT2D eigenvalue weighted by Crippen LogP contribution is -2.06. The van der Waals surface area contributed by atoms with Crippen LogP contribution < -0.4 is 3.69 Å². The molecular formula is C12H7BrF2Mg. The maximum atomic E-state index is 13.5. The van der Waals surface area contributed by atoms with Gasteiger partial charge in [-0.25, -0.2) is 8.78 Å². The molecule has 0 radical (unpaired) electrons. The van der Waals surface area contributed by atoms with Crippen LogP contribution in [0.2, 0.25) is 0 Å². The Morgan fingerprint density at radius 1 is 0.938 bits per heavy atom. The second kappa shape index (κ2) is 5.25. The fourth-order valence-corrected chi connectivity index (χ4v) is 3.03. The van der Waals surface area contributed by atoms with E-state index in [0.717, 1.165) is 11.6 Å². The molecule has 0 aromatic heterocycles. The van der Waals surface area contributed by atoms with Crippen molar-refractivity contribution in [2.24, 2.45) is 0 Å². The summed E-state index contributed by atoms with van der Waals surface area (Å²) < 4.78 is 27.5. The van der Waals surface area contributed by atoms with E-state index in [2.05, 4.69) is 12.9 Å². The van der Waals surface area contributed by atoms with Crippen LogP contribution in [-0.4, -0.2) is 18.2 Å². The topological polar surface area (TPSA) is 0 Å². The zero-order valence-corrected chi connectivity index (χ0v) is 11.4. The van der Waals surface area contributed by atoms with Crippen molar-refractivity contribution in [3.05, 3.63) is 54.1 Å². The molecule has 0 spiro atoms. The predicted octanol–water partition coefficient (Wildman–Crippen LogP) is 3.27. The summed E-state index contributed by atoms with van der Waals surface area (Å²) in [5.41, 5.74) is 1.21. The third kappa shape index (κ3) is 2.62. The lowest BCUT2D eigenvalue weighted by molar-refractivity contribution is 0.585. The van der Waals surface area contributed by atoms with Gasteiger partial charge in [0.15, 0.2) is 0 Å².